The number of rotatable bonds is 8. The number of carbonyl (C=O) groups excluding carboxylic acids is 2. The molecule has 2 amide bonds. The molecule has 0 fully saturated rings. The standard InChI is InChI=1S/C18H21N3O3/c1-24-12-4-11-20-17(22)14-6-8-15(9-7-14)18(23)21-13-16-5-2-3-10-19-16/h2-3,5-10H,4,11-13H2,1H3,(H,20,22)(H,21,23). The smallest absolute Gasteiger partial charge is 0.251 e. The minimum atomic E-state index is -0.201. The molecule has 0 aliphatic rings. The minimum Gasteiger partial charge on any atom is -0.385 e. The van der Waals surface area contributed by atoms with Crippen LogP contribution in [0, 0.1) is 0 Å². The average molecular weight is 327 g/mol. The third kappa shape index (κ3) is 5.48. The molecule has 0 atom stereocenters. The van der Waals surface area contributed by atoms with Crippen molar-refractivity contribution in [1.29, 1.82) is 0 Å². The molecule has 0 spiro atoms. The molecule has 2 N–H and O–H groups in total. The fourth-order valence-electron chi connectivity index (χ4n) is 2.07. The van der Waals surface area contributed by atoms with Gasteiger partial charge in [-0.15, -0.1) is 0 Å². The molecule has 6 heteroatoms. The van der Waals surface area contributed by atoms with E-state index in [9.17, 15) is 9.59 Å². The van der Waals surface area contributed by atoms with Gasteiger partial charge in [0.05, 0.1) is 12.2 Å². The number of pyridine rings is 1. The number of benzene rings is 1. The van der Waals surface area contributed by atoms with Crippen LogP contribution in [0.4, 0.5) is 0 Å². The van der Waals surface area contributed by atoms with E-state index in [1.165, 1.54) is 0 Å². The lowest BCUT2D eigenvalue weighted by atomic mass is 10.1. The maximum absolute atomic E-state index is 12.1. The molecule has 126 valence electrons. The van der Waals surface area contributed by atoms with Gasteiger partial charge in [0.15, 0.2) is 0 Å². The van der Waals surface area contributed by atoms with Crippen LogP contribution in [0.1, 0.15) is 32.8 Å². The Morgan fingerprint density at radius 1 is 1.00 bits per heavy atom. The molecule has 0 aliphatic heterocycles. The van der Waals surface area contributed by atoms with Gasteiger partial charge in [-0.3, -0.25) is 14.6 Å². The van der Waals surface area contributed by atoms with Crippen LogP contribution in [0.25, 0.3) is 0 Å². The summed E-state index contributed by atoms with van der Waals surface area (Å²) in [6, 6.07) is 12.1. The first-order valence-electron chi connectivity index (χ1n) is 7.76. The topological polar surface area (TPSA) is 80.3 Å². The Morgan fingerprint density at radius 2 is 1.67 bits per heavy atom. The zero-order valence-corrected chi connectivity index (χ0v) is 13.6. The molecule has 2 rings (SSSR count). The van der Waals surface area contributed by atoms with Crippen LogP contribution in [-0.2, 0) is 11.3 Å². The Labute approximate surface area is 141 Å². The highest BCUT2D eigenvalue weighted by molar-refractivity contribution is 5.97. The Balaban J connectivity index is 1.84. The van der Waals surface area contributed by atoms with Crippen molar-refractivity contribution >= 4 is 11.8 Å². The van der Waals surface area contributed by atoms with Crippen LogP contribution in [-0.4, -0.2) is 37.1 Å². The van der Waals surface area contributed by atoms with Gasteiger partial charge in [0.2, 0.25) is 0 Å². The van der Waals surface area contributed by atoms with E-state index >= 15 is 0 Å². The summed E-state index contributed by atoms with van der Waals surface area (Å²) < 4.78 is 4.93. The van der Waals surface area contributed by atoms with E-state index in [-0.39, 0.29) is 11.8 Å². The predicted octanol–water partition coefficient (Wildman–Crippen LogP) is 1.78. The number of aromatic nitrogens is 1. The van der Waals surface area contributed by atoms with Gasteiger partial charge in [-0.1, -0.05) is 6.07 Å². The Kier molecular flexibility index (Phi) is 6.91. The largest absolute Gasteiger partial charge is 0.385 e. The number of amides is 2. The van der Waals surface area contributed by atoms with E-state index in [2.05, 4.69) is 15.6 Å². The third-order valence-corrected chi connectivity index (χ3v) is 3.38. The molecule has 6 nitrogen and oxygen atoms in total. The number of methoxy groups -OCH3 is 1. The van der Waals surface area contributed by atoms with E-state index < -0.39 is 0 Å². The van der Waals surface area contributed by atoms with Crippen molar-refractivity contribution in [2.24, 2.45) is 0 Å². The van der Waals surface area contributed by atoms with Gasteiger partial charge in [0.25, 0.3) is 11.8 Å². The molecule has 0 saturated heterocycles. The highest BCUT2D eigenvalue weighted by Crippen LogP contribution is 2.05. The van der Waals surface area contributed by atoms with Crippen LogP contribution >= 0.6 is 0 Å². The van der Waals surface area contributed by atoms with Crippen molar-refractivity contribution < 1.29 is 14.3 Å². The van der Waals surface area contributed by atoms with E-state index in [1.54, 1.807) is 37.6 Å². The van der Waals surface area contributed by atoms with Crippen molar-refractivity contribution in [3.05, 3.63) is 65.5 Å². The van der Waals surface area contributed by atoms with E-state index in [0.717, 1.165) is 12.1 Å². The van der Waals surface area contributed by atoms with Crippen LogP contribution in [0.15, 0.2) is 48.7 Å². The molecule has 0 aliphatic carbocycles. The van der Waals surface area contributed by atoms with Gasteiger partial charge in [-0.2, -0.15) is 0 Å². The Bertz CT molecular complexity index is 657. The normalized spacial score (nSPS) is 10.2. The number of ether oxygens (including phenoxy) is 1. The highest BCUT2D eigenvalue weighted by atomic mass is 16.5. The summed E-state index contributed by atoms with van der Waals surface area (Å²) in [5.41, 5.74) is 1.81. The van der Waals surface area contributed by atoms with Gasteiger partial charge in [0, 0.05) is 37.6 Å². The van der Waals surface area contributed by atoms with E-state index in [0.29, 0.717) is 30.8 Å². The molecular formula is C18H21N3O3. The molecule has 24 heavy (non-hydrogen) atoms. The molecule has 1 aromatic carbocycles. The average Bonchev–Trinajstić information content (AvgIpc) is 2.64. The summed E-state index contributed by atoms with van der Waals surface area (Å²) >= 11 is 0. The Hall–Kier alpha value is -2.73. The summed E-state index contributed by atoms with van der Waals surface area (Å²) in [7, 11) is 1.62. The monoisotopic (exact) mass is 327 g/mol. The van der Waals surface area contributed by atoms with Gasteiger partial charge in [0.1, 0.15) is 0 Å². The molecule has 0 unspecified atom stereocenters. The molecule has 0 saturated carbocycles. The highest BCUT2D eigenvalue weighted by Gasteiger charge is 2.08. The van der Waals surface area contributed by atoms with Crippen molar-refractivity contribution in [2.75, 3.05) is 20.3 Å². The minimum absolute atomic E-state index is 0.161. The first kappa shape index (κ1) is 17.6. The first-order chi connectivity index (χ1) is 11.7. The number of nitrogens with one attached hydrogen (secondary N) is 2. The lowest BCUT2D eigenvalue weighted by Gasteiger charge is -2.07. The molecule has 0 radical (unpaired) electrons. The molecule has 1 heterocycles. The summed E-state index contributed by atoms with van der Waals surface area (Å²) in [6.45, 7) is 1.52. The number of hydrogen-bond acceptors (Lipinski definition) is 4. The fourth-order valence-corrected chi connectivity index (χ4v) is 2.07. The lowest BCUT2D eigenvalue weighted by Crippen LogP contribution is -2.26. The summed E-state index contributed by atoms with van der Waals surface area (Å²) in [6.07, 6.45) is 2.44. The maximum atomic E-state index is 12.1. The first-order valence-corrected chi connectivity index (χ1v) is 7.76. The molecular weight excluding hydrogens is 306 g/mol. The second kappa shape index (κ2) is 9.42. The zero-order chi connectivity index (χ0) is 17.2. The molecule has 1 aromatic heterocycles. The summed E-state index contributed by atoms with van der Waals surface area (Å²) in [4.78, 5) is 28.2. The van der Waals surface area contributed by atoms with Crippen molar-refractivity contribution in [3.63, 3.8) is 0 Å². The SMILES string of the molecule is COCCCNC(=O)c1ccc(C(=O)NCc2ccccn2)cc1. The molecule has 0 bridgehead atoms. The van der Waals surface area contributed by atoms with Crippen LogP contribution in [0.5, 0.6) is 0 Å². The maximum Gasteiger partial charge on any atom is 0.251 e. The van der Waals surface area contributed by atoms with Gasteiger partial charge < -0.3 is 15.4 Å². The van der Waals surface area contributed by atoms with Gasteiger partial charge in [-0.05, 0) is 42.8 Å². The van der Waals surface area contributed by atoms with Crippen LogP contribution in [0.3, 0.4) is 0 Å². The number of nitrogens with zero attached hydrogens (tertiary/aromatic N) is 1. The number of carbonyl (C=O) groups is 2. The van der Waals surface area contributed by atoms with Crippen LogP contribution in [0.2, 0.25) is 0 Å². The van der Waals surface area contributed by atoms with Crippen molar-refractivity contribution in [3.8, 4) is 0 Å². The van der Waals surface area contributed by atoms with Crippen LogP contribution < -0.4 is 10.6 Å². The van der Waals surface area contributed by atoms with Gasteiger partial charge >= 0.3 is 0 Å². The number of hydrogen-bond donors (Lipinski definition) is 2. The lowest BCUT2D eigenvalue weighted by molar-refractivity contribution is 0.0937. The Morgan fingerprint density at radius 3 is 2.25 bits per heavy atom. The third-order valence-electron chi connectivity index (χ3n) is 3.38. The fraction of sp³-hybridized carbons (Fsp3) is 0.278. The van der Waals surface area contributed by atoms with Gasteiger partial charge in [-0.25, -0.2) is 0 Å². The molecule has 2 aromatic rings. The van der Waals surface area contributed by atoms with E-state index in [1.807, 2.05) is 18.2 Å². The van der Waals surface area contributed by atoms with E-state index in [4.69, 9.17) is 4.74 Å². The zero-order valence-electron chi connectivity index (χ0n) is 13.6. The quantitative estimate of drug-likeness (QED) is 0.724. The predicted molar refractivity (Wildman–Crippen MR) is 90.7 cm³/mol. The second-order valence-corrected chi connectivity index (χ2v) is 5.18. The second-order valence-electron chi connectivity index (χ2n) is 5.18. The summed E-state index contributed by atoms with van der Waals surface area (Å²) in [5.74, 6) is -0.362. The summed E-state index contributed by atoms with van der Waals surface area (Å²) in [5, 5.41) is 5.60. The van der Waals surface area contributed by atoms with Crippen molar-refractivity contribution in [2.45, 2.75) is 13.0 Å². The van der Waals surface area contributed by atoms with Crippen molar-refractivity contribution in [1.82, 2.24) is 15.6 Å².